The van der Waals surface area contributed by atoms with E-state index in [2.05, 4.69) is 5.10 Å². The number of hydrogen-bond acceptors (Lipinski definition) is 5. The Morgan fingerprint density at radius 3 is 2.58 bits per heavy atom. The van der Waals surface area contributed by atoms with Gasteiger partial charge in [0, 0.05) is 13.2 Å². The topological polar surface area (TPSA) is 78.1 Å². The molecule has 0 N–H and O–H groups in total. The minimum atomic E-state index is -0.336. The lowest BCUT2D eigenvalue weighted by molar-refractivity contribution is -0.131. The number of aromatic nitrogens is 3. The molecule has 0 atom stereocenters. The van der Waals surface area contributed by atoms with Gasteiger partial charge in [-0.05, 0) is 36.4 Å². The molecule has 0 unspecified atom stereocenters. The minimum absolute atomic E-state index is 0.112. The summed E-state index contributed by atoms with van der Waals surface area (Å²) in [7, 11) is 3.27. The summed E-state index contributed by atoms with van der Waals surface area (Å²) in [4.78, 5) is 26.0. The molecule has 26 heavy (non-hydrogen) atoms. The van der Waals surface area contributed by atoms with E-state index in [-0.39, 0.29) is 18.1 Å². The molecule has 2 heterocycles. The van der Waals surface area contributed by atoms with Crippen molar-refractivity contribution in [1.29, 1.82) is 0 Å². The number of rotatable bonds is 7. The molecule has 2 aromatic heterocycles. The Morgan fingerprint density at radius 1 is 1.15 bits per heavy atom. The number of benzene rings is 1. The largest absolute Gasteiger partial charge is 0.497 e. The fourth-order valence-corrected chi connectivity index (χ4v) is 2.42. The molecule has 136 valence electrons. The van der Waals surface area contributed by atoms with E-state index in [9.17, 15) is 9.59 Å². The number of fused-ring (bicyclic) bond motifs is 1. The predicted octanol–water partition coefficient (Wildman–Crippen LogP) is 1.04. The minimum Gasteiger partial charge on any atom is -0.497 e. The summed E-state index contributed by atoms with van der Waals surface area (Å²) in [5, 5.41) is 4.16. The van der Waals surface area contributed by atoms with Crippen molar-refractivity contribution in [3.8, 4) is 11.5 Å². The zero-order chi connectivity index (χ0) is 18.5. The molecule has 0 bridgehead atoms. The fourth-order valence-electron chi connectivity index (χ4n) is 2.42. The van der Waals surface area contributed by atoms with Crippen LogP contribution in [0.15, 0.2) is 53.5 Å². The highest BCUT2D eigenvalue weighted by molar-refractivity contribution is 5.75. The number of carbonyl (C=O) groups is 1. The Morgan fingerprint density at radius 2 is 1.88 bits per heavy atom. The summed E-state index contributed by atoms with van der Waals surface area (Å²) < 4.78 is 13.3. The van der Waals surface area contributed by atoms with Crippen molar-refractivity contribution in [2.75, 3.05) is 27.3 Å². The zero-order valence-electron chi connectivity index (χ0n) is 14.7. The number of nitrogens with zero attached hydrogens (tertiary/aromatic N) is 4. The van der Waals surface area contributed by atoms with Gasteiger partial charge >= 0.3 is 5.69 Å². The van der Waals surface area contributed by atoms with E-state index >= 15 is 0 Å². The Kier molecular flexibility index (Phi) is 5.21. The van der Waals surface area contributed by atoms with Crippen LogP contribution >= 0.6 is 0 Å². The number of likely N-dealkylation sites (N-methyl/N-ethyl adjacent to an activating group) is 1. The van der Waals surface area contributed by atoms with Gasteiger partial charge in [-0.25, -0.2) is 9.48 Å². The van der Waals surface area contributed by atoms with Crippen LogP contribution in [0.5, 0.6) is 11.5 Å². The van der Waals surface area contributed by atoms with Gasteiger partial charge in [-0.2, -0.15) is 0 Å². The second-order valence-corrected chi connectivity index (χ2v) is 5.71. The quantitative estimate of drug-likeness (QED) is 0.632. The van der Waals surface area contributed by atoms with Gasteiger partial charge in [-0.3, -0.25) is 9.20 Å². The third kappa shape index (κ3) is 3.85. The van der Waals surface area contributed by atoms with Gasteiger partial charge in [0.1, 0.15) is 24.7 Å². The van der Waals surface area contributed by atoms with Gasteiger partial charge < -0.3 is 14.4 Å². The van der Waals surface area contributed by atoms with Crippen LogP contribution in [0.2, 0.25) is 0 Å². The van der Waals surface area contributed by atoms with Crippen molar-refractivity contribution in [2.24, 2.45) is 0 Å². The van der Waals surface area contributed by atoms with E-state index in [1.807, 2.05) is 0 Å². The molecule has 0 fully saturated rings. The van der Waals surface area contributed by atoms with E-state index < -0.39 is 0 Å². The molecule has 8 nitrogen and oxygen atoms in total. The average molecular weight is 356 g/mol. The van der Waals surface area contributed by atoms with Crippen LogP contribution in [0, 0.1) is 0 Å². The first-order valence-electron chi connectivity index (χ1n) is 8.13. The molecule has 1 amide bonds. The highest BCUT2D eigenvalue weighted by Gasteiger charge is 2.14. The number of pyridine rings is 1. The second kappa shape index (κ2) is 7.73. The van der Waals surface area contributed by atoms with E-state index in [0.717, 1.165) is 5.75 Å². The van der Waals surface area contributed by atoms with Gasteiger partial charge in [0.25, 0.3) is 0 Å². The van der Waals surface area contributed by atoms with Crippen LogP contribution < -0.4 is 15.2 Å². The molecule has 0 aliphatic carbocycles. The monoisotopic (exact) mass is 356 g/mol. The summed E-state index contributed by atoms with van der Waals surface area (Å²) in [5.41, 5.74) is 0.174. The molecule has 1 aromatic carbocycles. The number of ether oxygens (including phenoxy) is 2. The molecule has 0 saturated carbocycles. The van der Waals surface area contributed by atoms with E-state index in [1.165, 1.54) is 14.0 Å². The molecule has 0 saturated heterocycles. The molecule has 3 rings (SSSR count). The summed E-state index contributed by atoms with van der Waals surface area (Å²) in [6.45, 7) is 0.626. The van der Waals surface area contributed by atoms with Crippen molar-refractivity contribution in [3.05, 3.63) is 59.1 Å². The van der Waals surface area contributed by atoms with Crippen LogP contribution in [-0.2, 0) is 11.3 Å². The Hall–Kier alpha value is -3.29. The maximum Gasteiger partial charge on any atom is 0.350 e. The molecular weight excluding hydrogens is 336 g/mol. The standard InChI is InChI=1S/C18H20N4O4/c1-20(11-12-26-15-8-6-14(25-2)7-9-15)17(23)13-22-18(24)21-10-4-3-5-16(21)19-22/h3-10H,11-13H2,1-2H3. The van der Waals surface area contributed by atoms with Crippen molar-refractivity contribution in [2.45, 2.75) is 6.54 Å². The van der Waals surface area contributed by atoms with Gasteiger partial charge in [-0.1, -0.05) is 6.07 Å². The van der Waals surface area contributed by atoms with Crippen LogP contribution in [0.4, 0.5) is 0 Å². The lowest BCUT2D eigenvalue weighted by Crippen LogP contribution is -2.36. The highest BCUT2D eigenvalue weighted by Crippen LogP contribution is 2.16. The number of hydrogen-bond donors (Lipinski definition) is 0. The molecule has 3 aromatic rings. The highest BCUT2D eigenvalue weighted by atomic mass is 16.5. The first kappa shape index (κ1) is 17.5. The maximum absolute atomic E-state index is 12.3. The fraction of sp³-hybridized carbons (Fsp3) is 0.278. The third-order valence-corrected chi connectivity index (χ3v) is 3.95. The van der Waals surface area contributed by atoms with E-state index in [0.29, 0.717) is 24.5 Å². The molecule has 0 aliphatic rings. The average Bonchev–Trinajstić information content (AvgIpc) is 2.98. The Bertz CT molecular complexity index is 946. The Labute approximate surface area is 150 Å². The number of methoxy groups -OCH3 is 1. The summed E-state index contributed by atoms with van der Waals surface area (Å²) in [6, 6.07) is 12.5. The normalized spacial score (nSPS) is 10.7. The van der Waals surface area contributed by atoms with Crippen LogP contribution in [0.1, 0.15) is 0 Å². The maximum atomic E-state index is 12.3. The lowest BCUT2D eigenvalue weighted by atomic mass is 10.3. The van der Waals surface area contributed by atoms with E-state index in [4.69, 9.17) is 9.47 Å². The van der Waals surface area contributed by atoms with Crippen LogP contribution in [-0.4, -0.2) is 52.3 Å². The van der Waals surface area contributed by atoms with Gasteiger partial charge in [0.15, 0.2) is 5.65 Å². The van der Waals surface area contributed by atoms with Gasteiger partial charge in [-0.15, -0.1) is 5.10 Å². The molecule has 0 spiro atoms. The zero-order valence-corrected chi connectivity index (χ0v) is 14.7. The number of carbonyl (C=O) groups excluding carboxylic acids is 1. The molecular formula is C18H20N4O4. The Balaban J connectivity index is 1.53. The predicted molar refractivity (Wildman–Crippen MR) is 95.6 cm³/mol. The first-order chi connectivity index (χ1) is 12.6. The van der Waals surface area contributed by atoms with Crippen molar-refractivity contribution in [1.82, 2.24) is 19.1 Å². The summed E-state index contributed by atoms with van der Waals surface area (Å²) >= 11 is 0. The SMILES string of the molecule is COc1ccc(OCCN(C)C(=O)Cn2nc3ccccn3c2=O)cc1. The summed E-state index contributed by atoms with van der Waals surface area (Å²) in [6.07, 6.45) is 1.62. The van der Waals surface area contributed by atoms with E-state index in [1.54, 1.807) is 62.8 Å². The van der Waals surface area contributed by atoms with Crippen LogP contribution in [0.25, 0.3) is 5.65 Å². The summed E-state index contributed by atoms with van der Waals surface area (Å²) in [5.74, 6) is 1.24. The second-order valence-electron chi connectivity index (χ2n) is 5.71. The van der Waals surface area contributed by atoms with Crippen LogP contribution in [0.3, 0.4) is 0 Å². The third-order valence-electron chi connectivity index (χ3n) is 3.95. The lowest BCUT2D eigenvalue weighted by Gasteiger charge is -2.17. The molecule has 8 heteroatoms. The smallest absolute Gasteiger partial charge is 0.350 e. The van der Waals surface area contributed by atoms with Crippen molar-refractivity contribution >= 4 is 11.6 Å². The molecule has 0 radical (unpaired) electrons. The van der Waals surface area contributed by atoms with Crippen molar-refractivity contribution in [3.63, 3.8) is 0 Å². The number of amides is 1. The van der Waals surface area contributed by atoms with Gasteiger partial charge in [0.2, 0.25) is 5.91 Å². The van der Waals surface area contributed by atoms with Crippen molar-refractivity contribution < 1.29 is 14.3 Å². The molecule has 0 aliphatic heterocycles. The first-order valence-corrected chi connectivity index (χ1v) is 8.13. The van der Waals surface area contributed by atoms with Gasteiger partial charge in [0.05, 0.1) is 13.7 Å².